The van der Waals surface area contributed by atoms with Gasteiger partial charge in [-0.05, 0) is 57.0 Å². The van der Waals surface area contributed by atoms with Gasteiger partial charge >= 0.3 is 0 Å². The van der Waals surface area contributed by atoms with Gasteiger partial charge in [0.1, 0.15) is 17.3 Å². The highest BCUT2D eigenvalue weighted by Gasteiger charge is 2.18. The smallest absolute Gasteiger partial charge is 0.225 e. The molecular formula is C23H21FN6OS. The number of benzene rings is 1. The number of aromatic nitrogens is 5. The number of amides is 1. The van der Waals surface area contributed by atoms with Crippen LogP contribution in [0.2, 0.25) is 0 Å². The summed E-state index contributed by atoms with van der Waals surface area (Å²) in [5, 5.41) is 9.42. The molecule has 0 aliphatic carbocycles. The molecule has 162 valence electrons. The van der Waals surface area contributed by atoms with E-state index in [0.717, 1.165) is 38.8 Å². The van der Waals surface area contributed by atoms with Crippen LogP contribution in [0.15, 0.2) is 41.9 Å². The van der Waals surface area contributed by atoms with Gasteiger partial charge in [0, 0.05) is 41.0 Å². The second-order valence-corrected chi connectivity index (χ2v) is 8.61. The van der Waals surface area contributed by atoms with Crippen LogP contribution in [0.3, 0.4) is 0 Å². The molecule has 4 heterocycles. The topological polar surface area (TPSA) is 76.6 Å². The predicted molar refractivity (Wildman–Crippen MR) is 123 cm³/mol. The Balaban J connectivity index is 1.40. The molecule has 0 saturated heterocycles. The first kappa shape index (κ1) is 20.3. The van der Waals surface area contributed by atoms with Crippen molar-refractivity contribution in [3.05, 3.63) is 70.4 Å². The van der Waals surface area contributed by atoms with Crippen molar-refractivity contribution in [3.8, 4) is 11.3 Å². The van der Waals surface area contributed by atoms with Crippen molar-refractivity contribution in [1.82, 2.24) is 24.0 Å². The number of hydrogen-bond acceptors (Lipinski definition) is 5. The predicted octanol–water partition coefficient (Wildman–Crippen LogP) is 4.74. The van der Waals surface area contributed by atoms with Crippen LogP contribution >= 0.6 is 11.3 Å². The lowest BCUT2D eigenvalue weighted by Crippen LogP contribution is -2.15. The molecule has 0 aliphatic rings. The fraction of sp³-hybridized carbons (Fsp3) is 0.217. The van der Waals surface area contributed by atoms with Gasteiger partial charge in [-0.2, -0.15) is 5.10 Å². The third-order valence-corrected chi connectivity index (χ3v) is 6.28. The SMILES string of the molecule is Cc1cc2nc(C)c(CCC(=O)Nc3c(-c4ccc(F)cc4)nc4sccn34)c(C)n2n1. The maximum atomic E-state index is 13.4. The first-order valence-corrected chi connectivity index (χ1v) is 11.1. The molecule has 0 bridgehead atoms. The number of imidazole rings is 1. The number of rotatable bonds is 5. The van der Waals surface area contributed by atoms with Gasteiger partial charge in [-0.1, -0.05) is 0 Å². The van der Waals surface area contributed by atoms with E-state index in [9.17, 15) is 9.18 Å². The fourth-order valence-electron chi connectivity index (χ4n) is 3.95. The molecule has 0 aliphatic heterocycles. The zero-order valence-electron chi connectivity index (χ0n) is 17.9. The third-order valence-electron chi connectivity index (χ3n) is 5.53. The van der Waals surface area contributed by atoms with Gasteiger partial charge in [-0.3, -0.25) is 9.20 Å². The van der Waals surface area contributed by atoms with E-state index < -0.39 is 0 Å². The molecule has 9 heteroatoms. The Hall–Kier alpha value is -3.59. The summed E-state index contributed by atoms with van der Waals surface area (Å²) in [4.78, 5) is 22.9. The molecule has 0 atom stereocenters. The Morgan fingerprint density at radius 1 is 1.16 bits per heavy atom. The molecule has 0 unspecified atom stereocenters. The van der Waals surface area contributed by atoms with Crippen LogP contribution in [0, 0.1) is 26.6 Å². The van der Waals surface area contributed by atoms with Crippen LogP contribution in [0.1, 0.15) is 29.1 Å². The molecule has 0 spiro atoms. The van der Waals surface area contributed by atoms with Gasteiger partial charge in [0.05, 0.1) is 5.69 Å². The fourth-order valence-corrected chi connectivity index (χ4v) is 4.66. The second-order valence-electron chi connectivity index (χ2n) is 7.74. The Morgan fingerprint density at radius 3 is 2.72 bits per heavy atom. The van der Waals surface area contributed by atoms with E-state index in [2.05, 4.69) is 20.4 Å². The summed E-state index contributed by atoms with van der Waals surface area (Å²) < 4.78 is 17.1. The molecule has 32 heavy (non-hydrogen) atoms. The summed E-state index contributed by atoms with van der Waals surface area (Å²) in [5.74, 6) is 0.142. The summed E-state index contributed by atoms with van der Waals surface area (Å²) in [6.45, 7) is 5.90. The van der Waals surface area contributed by atoms with Crippen molar-refractivity contribution in [2.45, 2.75) is 33.6 Å². The van der Waals surface area contributed by atoms with Gasteiger partial charge in [-0.25, -0.2) is 18.9 Å². The number of halogens is 1. The van der Waals surface area contributed by atoms with Gasteiger partial charge in [0.25, 0.3) is 0 Å². The first-order valence-electron chi connectivity index (χ1n) is 10.2. The van der Waals surface area contributed by atoms with Crippen molar-refractivity contribution < 1.29 is 9.18 Å². The zero-order valence-corrected chi connectivity index (χ0v) is 18.7. The number of carbonyl (C=O) groups excluding carboxylic acids is 1. The van der Waals surface area contributed by atoms with E-state index in [0.29, 0.717) is 17.9 Å². The minimum absolute atomic E-state index is 0.128. The van der Waals surface area contributed by atoms with Crippen LogP contribution in [0.4, 0.5) is 10.2 Å². The Labute approximate surface area is 187 Å². The van der Waals surface area contributed by atoms with Crippen LogP contribution in [0.5, 0.6) is 0 Å². The lowest BCUT2D eigenvalue weighted by molar-refractivity contribution is -0.116. The van der Waals surface area contributed by atoms with Gasteiger partial charge in [-0.15, -0.1) is 11.3 Å². The van der Waals surface area contributed by atoms with E-state index in [1.807, 2.05) is 47.3 Å². The zero-order chi connectivity index (χ0) is 22.4. The van der Waals surface area contributed by atoms with Gasteiger partial charge in [0.15, 0.2) is 10.6 Å². The van der Waals surface area contributed by atoms with Crippen LogP contribution in [-0.4, -0.2) is 29.9 Å². The quantitative estimate of drug-likeness (QED) is 0.421. The summed E-state index contributed by atoms with van der Waals surface area (Å²) in [5.41, 5.74) is 5.99. The summed E-state index contributed by atoms with van der Waals surface area (Å²) in [6.07, 6.45) is 2.69. The normalized spacial score (nSPS) is 11.5. The van der Waals surface area contributed by atoms with Crippen molar-refractivity contribution in [3.63, 3.8) is 0 Å². The molecule has 1 amide bonds. The number of hydrogen-bond donors (Lipinski definition) is 1. The third kappa shape index (κ3) is 3.54. The number of nitrogens with zero attached hydrogens (tertiary/aromatic N) is 5. The van der Waals surface area contributed by atoms with Gasteiger partial charge < -0.3 is 5.32 Å². The highest BCUT2D eigenvalue weighted by Crippen LogP contribution is 2.31. The average molecular weight is 449 g/mol. The molecule has 1 N–H and O–H groups in total. The maximum Gasteiger partial charge on any atom is 0.225 e. The van der Waals surface area contributed by atoms with E-state index in [4.69, 9.17) is 0 Å². The van der Waals surface area contributed by atoms with Crippen LogP contribution in [0.25, 0.3) is 21.9 Å². The maximum absolute atomic E-state index is 13.4. The molecule has 5 aromatic rings. The number of nitrogens with one attached hydrogen (secondary N) is 1. The number of anilines is 1. The Kier molecular flexibility index (Phi) is 4.97. The molecule has 0 saturated carbocycles. The second kappa shape index (κ2) is 7.83. The molecule has 1 aromatic carbocycles. The van der Waals surface area contributed by atoms with Crippen molar-refractivity contribution in [1.29, 1.82) is 0 Å². The highest BCUT2D eigenvalue weighted by molar-refractivity contribution is 7.15. The Bertz CT molecular complexity index is 1460. The first-order chi connectivity index (χ1) is 15.4. The van der Waals surface area contributed by atoms with E-state index >= 15 is 0 Å². The molecule has 4 aromatic heterocycles. The molecular weight excluding hydrogens is 427 g/mol. The summed E-state index contributed by atoms with van der Waals surface area (Å²) in [7, 11) is 0. The minimum atomic E-state index is -0.316. The number of thiazole rings is 1. The summed E-state index contributed by atoms with van der Waals surface area (Å²) >= 11 is 1.47. The van der Waals surface area contributed by atoms with Crippen LogP contribution in [-0.2, 0) is 11.2 Å². The van der Waals surface area contributed by atoms with Crippen molar-refractivity contribution >= 4 is 33.7 Å². The lowest BCUT2D eigenvalue weighted by Gasteiger charge is -2.11. The standard InChI is InChI=1S/C23H21FN6OS/c1-13-12-19-25-14(2)18(15(3)30(19)28-13)8-9-20(31)26-22-21(16-4-6-17(24)7-5-16)27-23-29(22)10-11-32-23/h4-7,10-12H,8-9H2,1-3H3,(H,26,31). The molecule has 0 fully saturated rings. The van der Waals surface area contributed by atoms with E-state index in [-0.39, 0.29) is 18.1 Å². The number of fused-ring (bicyclic) bond motifs is 2. The van der Waals surface area contributed by atoms with Crippen molar-refractivity contribution in [2.75, 3.05) is 5.32 Å². The van der Waals surface area contributed by atoms with E-state index in [1.165, 1.54) is 23.5 Å². The molecule has 5 rings (SSSR count). The van der Waals surface area contributed by atoms with Crippen molar-refractivity contribution in [2.24, 2.45) is 0 Å². The Morgan fingerprint density at radius 2 is 1.94 bits per heavy atom. The monoisotopic (exact) mass is 448 g/mol. The largest absolute Gasteiger partial charge is 0.310 e. The number of carbonyl (C=O) groups is 1. The highest BCUT2D eigenvalue weighted by atomic mass is 32.1. The average Bonchev–Trinajstić information content (AvgIpc) is 3.44. The molecule has 7 nitrogen and oxygen atoms in total. The minimum Gasteiger partial charge on any atom is -0.310 e. The van der Waals surface area contributed by atoms with E-state index in [1.54, 1.807) is 12.1 Å². The van der Waals surface area contributed by atoms with Gasteiger partial charge in [0.2, 0.25) is 5.91 Å². The lowest BCUT2D eigenvalue weighted by atomic mass is 10.1. The number of aryl methyl sites for hydroxylation is 3. The summed E-state index contributed by atoms with van der Waals surface area (Å²) in [6, 6.07) is 8.05. The van der Waals surface area contributed by atoms with Crippen LogP contribution < -0.4 is 5.32 Å². The molecule has 0 radical (unpaired) electrons.